The van der Waals surface area contributed by atoms with E-state index in [0.717, 1.165) is 24.0 Å². The van der Waals surface area contributed by atoms with E-state index in [1.54, 1.807) is 11.3 Å². The van der Waals surface area contributed by atoms with Crippen molar-refractivity contribution in [2.24, 2.45) is 5.92 Å². The molecule has 1 aliphatic rings. The Labute approximate surface area is 120 Å². The number of hydrogen-bond acceptors (Lipinski definition) is 3. The highest BCUT2D eigenvalue weighted by Gasteiger charge is 2.14. The van der Waals surface area contributed by atoms with Gasteiger partial charge in [0.25, 0.3) is 0 Å². The molecule has 100 valence electrons. The zero-order valence-corrected chi connectivity index (χ0v) is 12.8. The lowest BCUT2D eigenvalue weighted by Gasteiger charge is -2.22. The average Bonchev–Trinajstić information content (AvgIpc) is 2.81. The van der Waals surface area contributed by atoms with Crippen molar-refractivity contribution < 1.29 is 4.79 Å². The number of nitrogens with one attached hydrogen (secondary N) is 2. The van der Waals surface area contributed by atoms with E-state index < -0.39 is 0 Å². The van der Waals surface area contributed by atoms with Crippen LogP contribution in [0.1, 0.15) is 30.6 Å². The molecule has 0 radical (unpaired) electrons. The van der Waals surface area contributed by atoms with Gasteiger partial charge in [-0.3, -0.25) is 4.79 Å². The van der Waals surface area contributed by atoms with Crippen LogP contribution in [0, 0.1) is 5.92 Å². The molecule has 1 unspecified atom stereocenters. The maximum absolute atomic E-state index is 11.8. The molecule has 1 fully saturated rings. The quantitative estimate of drug-likeness (QED) is 0.871. The van der Waals surface area contributed by atoms with Crippen LogP contribution >= 0.6 is 27.3 Å². The van der Waals surface area contributed by atoms with E-state index in [9.17, 15) is 4.79 Å². The Bertz CT molecular complexity index is 388. The number of halogens is 1. The summed E-state index contributed by atoms with van der Waals surface area (Å²) in [6, 6.07) is 2.01. The van der Waals surface area contributed by atoms with Gasteiger partial charge in [-0.15, -0.1) is 11.3 Å². The van der Waals surface area contributed by atoms with E-state index in [1.165, 1.54) is 17.7 Å². The molecule has 1 aromatic heterocycles. The SMILES string of the molecule is O=C(CCC1CCCNC1)NCc1sccc1Br. The van der Waals surface area contributed by atoms with Crippen LogP contribution in [0.25, 0.3) is 0 Å². The number of carbonyl (C=O) groups excluding carboxylic acids is 1. The monoisotopic (exact) mass is 330 g/mol. The maximum Gasteiger partial charge on any atom is 0.220 e. The van der Waals surface area contributed by atoms with Gasteiger partial charge in [0.2, 0.25) is 5.91 Å². The third kappa shape index (κ3) is 4.37. The fourth-order valence-corrected chi connectivity index (χ4v) is 3.66. The molecule has 1 saturated heterocycles. The van der Waals surface area contributed by atoms with Crippen molar-refractivity contribution in [3.8, 4) is 0 Å². The molecule has 5 heteroatoms. The summed E-state index contributed by atoms with van der Waals surface area (Å²) in [5, 5.41) is 8.40. The molecule has 1 amide bonds. The van der Waals surface area contributed by atoms with Crippen LogP contribution in [0.4, 0.5) is 0 Å². The van der Waals surface area contributed by atoms with Crippen molar-refractivity contribution in [3.63, 3.8) is 0 Å². The molecule has 3 nitrogen and oxygen atoms in total. The number of amides is 1. The van der Waals surface area contributed by atoms with Gasteiger partial charge >= 0.3 is 0 Å². The van der Waals surface area contributed by atoms with Crippen molar-refractivity contribution in [2.75, 3.05) is 13.1 Å². The molecule has 0 saturated carbocycles. The van der Waals surface area contributed by atoms with Gasteiger partial charge in [0, 0.05) is 15.8 Å². The van der Waals surface area contributed by atoms with Gasteiger partial charge in [0.05, 0.1) is 6.54 Å². The van der Waals surface area contributed by atoms with Gasteiger partial charge < -0.3 is 10.6 Å². The predicted molar refractivity (Wildman–Crippen MR) is 78.7 cm³/mol. The number of piperidine rings is 1. The third-order valence-corrected chi connectivity index (χ3v) is 5.24. The van der Waals surface area contributed by atoms with E-state index >= 15 is 0 Å². The lowest BCUT2D eigenvalue weighted by atomic mass is 9.94. The van der Waals surface area contributed by atoms with E-state index in [2.05, 4.69) is 26.6 Å². The lowest BCUT2D eigenvalue weighted by molar-refractivity contribution is -0.121. The molecule has 0 bridgehead atoms. The van der Waals surface area contributed by atoms with Crippen molar-refractivity contribution >= 4 is 33.2 Å². The van der Waals surface area contributed by atoms with Gasteiger partial charge in [0.15, 0.2) is 0 Å². The number of hydrogen-bond donors (Lipinski definition) is 2. The van der Waals surface area contributed by atoms with Gasteiger partial charge in [-0.2, -0.15) is 0 Å². The summed E-state index contributed by atoms with van der Waals surface area (Å²) in [7, 11) is 0. The van der Waals surface area contributed by atoms with E-state index in [1.807, 2.05) is 11.4 Å². The average molecular weight is 331 g/mol. The molecule has 18 heavy (non-hydrogen) atoms. The van der Waals surface area contributed by atoms with Crippen LogP contribution < -0.4 is 10.6 Å². The Morgan fingerprint density at radius 3 is 3.17 bits per heavy atom. The van der Waals surface area contributed by atoms with Crippen molar-refractivity contribution in [1.82, 2.24) is 10.6 Å². The van der Waals surface area contributed by atoms with Gasteiger partial charge in [-0.25, -0.2) is 0 Å². The largest absolute Gasteiger partial charge is 0.351 e. The second kappa shape index (κ2) is 7.26. The first-order chi connectivity index (χ1) is 8.75. The van der Waals surface area contributed by atoms with E-state index in [-0.39, 0.29) is 5.91 Å². The maximum atomic E-state index is 11.8. The van der Waals surface area contributed by atoms with Crippen LogP contribution in [0.5, 0.6) is 0 Å². The van der Waals surface area contributed by atoms with Crippen LogP contribution in [0.15, 0.2) is 15.9 Å². The summed E-state index contributed by atoms with van der Waals surface area (Å²) in [5.41, 5.74) is 0. The van der Waals surface area contributed by atoms with Crippen LogP contribution in [-0.2, 0) is 11.3 Å². The van der Waals surface area contributed by atoms with Crippen molar-refractivity contribution in [2.45, 2.75) is 32.2 Å². The zero-order valence-electron chi connectivity index (χ0n) is 10.4. The lowest BCUT2D eigenvalue weighted by Crippen LogP contribution is -2.31. The summed E-state index contributed by atoms with van der Waals surface area (Å²) in [6.45, 7) is 2.85. The van der Waals surface area contributed by atoms with Crippen LogP contribution in [0.2, 0.25) is 0 Å². The number of thiophene rings is 1. The molecule has 0 aliphatic carbocycles. The second-order valence-electron chi connectivity index (χ2n) is 4.72. The Hall–Kier alpha value is -0.390. The van der Waals surface area contributed by atoms with Gasteiger partial charge in [-0.1, -0.05) is 0 Å². The Morgan fingerprint density at radius 2 is 2.50 bits per heavy atom. The minimum absolute atomic E-state index is 0.167. The number of rotatable bonds is 5. The molecule has 2 heterocycles. The first-order valence-electron chi connectivity index (χ1n) is 6.45. The minimum Gasteiger partial charge on any atom is -0.351 e. The normalized spacial score (nSPS) is 19.7. The summed E-state index contributed by atoms with van der Waals surface area (Å²) < 4.78 is 1.09. The molecule has 1 atom stereocenters. The molecule has 1 aromatic rings. The summed E-state index contributed by atoms with van der Waals surface area (Å²) in [5.74, 6) is 0.846. The fraction of sp³-hybridized carbons (Fsp3) is 0.615. The standard InChI is InChI=1S/C13H19BrN2OS/c14-11-5-7-18-12(11)9-16-13(17)4-3-10-2-1-6-15-8-10/h5,7,10,15H,1-4,6,8-9H2,(H,16,17). The summed E-state index contributed by atoms with van der Waals surface area (Å²) in [4.78, 5) is 12.9. The highest BCUT2D eigenvalue weighted by atomic mass is 79.9. The third-order valence-electron chi connectivity index (χ3n) is 3.32. The molecule has 2 rings (SSSR count). The fourth-order valence-electron chi connectivity index (χ4n) is 2.22. The Kier molecular flexibility index (Phi) is 5.66. The zero-order chi connectivity index (χ0) is 12.8. The smallest absolute Gasteiger partial charge is 0.220 e. The number of carbonyl (C=O) groups is 1. The topological polar surface area (TPSA) is 41.1 Å². The minimum atomic E-state index is 0.167. The molecule has 0 aromatic carbocycles. The Balaban J connectivity index is 1.64. The highest BCUT2D eigenvalue weighted by molar-refractivity contribution is 9.10. The molecule has 1 aliphatic heterocycles. The highest BCUT2D eigenvalue weighted by Crippen LogP contribution is 2.22. The predicted octanol–water partition coefficient (Wildman–Crippen LogP) is 2.91. The van der Waals surface area contributed by atoms with Crippen molar-refractivity contribution in [3.05, 3.63) is 20.8 Å². The summed E-state index contributed by atoms with van der Waals surface area (Å²) >= 11 is 5.13. The van der Waals surface area contributed by atoms with Crippen LogP contribution in [0.3, 0.4) is 0 Å². The van der Waals surface area contributed by atoms with E-state index in [4.69, 9.17) is 0 Å². The first-order valence-corrected chi connectivity index (χ1v) is 8.12. The molecule has 0 spiro atoms. The van der Waals surface area contributed by atoms with E-state index in [0.29, 0.717) is 18.9 Å². The van der Waals surface area contributed by atoms with Crippen molar-refractivity contribution in [1.29, 1.82) is 0 Å². The van der Waals surface area contributed by atoms with Gasteiger partial charge in [-0.05, 0) is 65.6 Å². The first kappa shape index (κ1) is 14.0. The molecular weight excluding hydrogens is 312 g/mol. The second-order valence-corrected chi connectivity index (χ2v) is 6.57. The van der Waals surface area contributed by atoms with Crippen LogP contribution in [-0.4, -0.2) is 19.0 Å². The Morgan fingerprint density at radius 1 is 1.61 bits per heavy atom. The summed E-state index contributed by atoms with van der Waals surface area (Å²) in [6.07, 6.45) is 4.16. The van der Waals surface area contributed by atoms with Gasteiger partial charge in [0.1, 0.15) is 0 Å². The molecule has 2 N–H and O–H groups in total. The molecular formula is C13H19BrN2OS.